The maximum absolute atomic E-state index is 11.8. The van der Waals surface area contributed by atoms with Gasteiger partial charge in [-0.1, -0.05) is 18.1 Å². The topological polar surface area (TPSA) is 57.0 Å². The average Bonchev–Trinajstić information content (AvgIpc) is 3.26. The number of carbonyl (C=O) groups is 1. The van der Waals surface area contributed by atoms with Crippen molar-refractivity contribution in [2.45, 2.75) is 51.5 Å². The third-order valence-electron chi connectivity index (χ3n) is 3.65. The van der Waals surface area contributed by atoms with Gasteiger partial charge in [-0.2, -0.15) is 0 Å². The Balaban J connectivity index is 1.77. The summed E-state index contributed by atoms with van der Waals surface area (Å²) in [4.78, 5) is 11.8. The van der Waals surface area contributed by atoms with Crippen LogP contribution in [0, 0.1) is 5.92 Å². The maximum Gasteiger partial charge on any atom is 0.360 e. The number of ether oxygens (including phenoxy) is 1. The van der Waals surface area contributed by atoms with Crippen LogP contribution in [0.15, 0.2) is 0 Å². The second-order valence-corrected chi connectivity index (χ2v) is 5.27. The van der Waals surface area contributed by atoms with Crippen LogP contribution < -0.4 is 0 Å². The molecule has 98 valence electrons. The molecule has 0 saturated heterocycles. The average molecular weight is 249 g/mol. The van der Waals surface area contributed by atoms with Crippen molar-refractivity contribution in [2.24, 2.45) is 5.92 Å². The van der Waals surface area contributed by atoms with Gasteiger partial charge in [0.1, 0.15) is 0 Å². The zero-order valence-electron chi connectivity index (χ0n) is 10.8. The summed E-state index contributed by atoms with van der Waals surface area (Å²) in [5, 5.41) is 8.18. The molecule has 0 amide bonds. The van der Waals surface area contributed by atoms with Crippen molar-refractivity contribution in [2.75, 3.05) is 6.61 Å². The minimum atomic E-state index is -0.322. The Labute approximate surface area is 107 Å². The minimum Gasteiger partial charge on any atom is -0.461 e. The smallest absolute Gasteiger partial charge is 0.360 e. The Morgan fingerprint density at radius 2 is 2.17 bits per heavy atom. The van der Waals surface area contributed by atoms with Gasteiger partial charge in [-0.05, 0) is 32.1 Å². The highest BCUT2D eigenvalue weighted by Gasteiger charge is 2.34. The molecule has 2 fully saturated rings. The predicted molar refractivity (Wildman–Crippen MR) is 65.3 cm³/mol. The first kappa shape index (κ1) is 11.7. The van der Waals surface area contributed by atoms with Gasteiger partial charge in [-0.15, -0.1) is 5.10 Å². The molecule has 0 spiro atoms. The van der Waals surface area contributed by atoms with Gasteiger partial charge in [-0.25, -0.2) is 9.48 Å². The van der Waals surface area contributed by atoms with E-state index in [0.717, 1.165) is 37.4 Å². The molecule has 5 heteroatoms. The Bertz CT molecular complexity index is 447. The molecule has 0 aliphatic heterocycles. The molecule has 2 aliphatic carbocycles. The van der Waals surface area contributed by atoms with Crippen molar-refractivity contribution < 1.29 is 9.53 Å². The van der Waals surface area contributed by atoms with Gasteiger partial charge in [0.2, 0.25) is 0 Å². The molecule has 0 atom stereocenters. The van der Waals surface area contributed by atoms with Crippen molar-refractivity contribution >= 4 is 5.97 Å². The van der Waals surface area contributed by atoms with Crippen molar-refractivity contribution in [3.63, 3.8) is 0 Å². The van der Waals surface area contributed by atoms with Crippen LogP contribution in [0.5, 0.6) is 0 Å². The van der Waals surface area contributed by atoms with Gasteiger partial charge in [0.25, 0.3) is 0 Å². The number of nitrogens with zero attached hydrogens (tertiary/aromatic N) is 3. The highest BCUT2D eigenvalue weighted by atomic mass is 16.5. The van der Waals surface area contributed by atoms with E-state index in [1.165, 1.54) is 12.8 Å². The summed E-state index contributed by atoms with van der Waals surface area (Å²) in [6, 6.07) is 0. The number of carbonyl (C=O) groups excluding carboxylic acids is 1. The van der Waals surface area contributed by atoms with E-state index in [1.807, 2.05) is 11.6 Å². The summed E-state index contributed by atoms with van der Waals surface area (Å²) in [6.45, 7) is 3.09. The van der Waals surface area contributed by atoms with Crippen LogP contribution in [-0.2, 0) is 11.3 Å². The van der Waals surface area contributed by atoms with E-state index < -0.39 is 0 Å². The highest BCUT2D eigenvalue weighted by Crippen LogP contribution is 2.42. The van der Waals surface area contributed by atoms with Crippen molar-refractivity contribution in [1.29, 1.82) is 0 Å². The molecular formula is C13H19N3O2. The Kier molecular flexibility index (Phi) is 3.06. The predicted octanol–water partition coefficient (Wildman–Crippen LogP) is 2.13. The lowest BCUT2D eigenvalue weighted by atomic mass is 10.2. The summed E-state index contributed by atoms with van der Waals surface area (Å²) in [5.74, 6) is 1.02. The van der Waals surface area contributed by atoms with E-state index in [4.69, 9.17) is 4.74 Å². The molecule has 0 radical (unpaired) electrons. The molecule has 18 heavy (non-hydrogen) atoms. The fourth-order valence-electron chi connectivity index (χ4n) is 2.30. The summed E-state index contributed by atoms with van der Waals surface area (Å²) in [7, 11) is 0. The molecule has 0 N–H and O–H groups in total. The van der Waals surface area contributed by atoms with E-state index in [9.17, 15) is 4.79 Å². The van der Waals surface area contributed by atoms with E-state index >= 15 is 0 Å². The molecule has 1 aromatic heterocycles. The molecule has 0 aromatic carbocycles. The monoisotopic (exact) mass is 249 g/mol. The Hall–Kier alpha value is -1.39. The quantitative estimate of drug-likeness (QED) is 0.725. The molecule has 3 rings (SSSR count). The van der Waals surface area contributed by atoms with Crippen molar-refractivity contribution in [3.05, 3.63) is 11.4 Å². The molecule has 0 unspecified atom stereocenters. The molecule has 2 saturated carbocycles. The van der Waals surface area contributed by atoms with Crippen LogP contribution in [0.25, 0.3) is 0 Å². The third kappa shape index (κ3) is 2.40. The van der Waals surface area contributed by atoms with Crippen molar-refractivity contribution in [1.82, 2.24) is 15.0 Å². The first-order valence-corrected chi connectivity index (χ1v) is 6.90. The van der Waals surface area contributed by atoms with Gasteiger partial charge >= 0.3 is 5.97 Å². The number of hydrogen-bond donors (Lipinski definition) is 0. The lowest BCUT2D eigenvalue weighted by Gasteiger charge is -2.06. The second-order valence-electron chi connectivity index (χ2n) is 5.27. The van der Waals surface area contributed by atoms with E-state index in [0.29, 0.717) is 18.2 Å². The Morgan fingerprint density at radius 3 is 2.78 bits per heavy atom. The molecule has 1 aromatic rings. The van der Waals surface area contributed by atoms with Crippen molar-refractivity contribution in [3.8, 4) is 0 Å². The van der Waals surface area contributed by atoms with Gasteiger partial charge in [0.05, 0.1) is 12.3 Å². The van der Waals surface area contributed by atoms with Gasteiger partial charge in [-0.3, -0.25) is 0 Å². The normalized spacial score (nSPS) is 18.9. The fraction of sp³-hybridized carbons (Fsp3) is 0.769. The lowest BCUT2D eigenvalue weighted by Crippen LogP contribution is -2.10. The van der Waals surface area contributed by atoms with E-state index in [2.05, 4.69) is 10.3 Å². The van der Waals surface area contributed by atoms with Crippen LogP contribution in [0.2, 0.25) is 0 Å². The lowest BCUT2D eigenvalue weighted by molar-refractivity contribution is 0.0518. The summed E-state index contributed by atoms with van der Waals surface area (Å²) >= 11 is 0. The van der Waals surface area contributed by atoms with Crippen LogP contribution >= 0.6 is 0 Å². The summed E-state index contributed by atoms with van der Waals surface area (Å²) < 4.78 is 6.98. The molecule has 1 heterocycles. The third-order valence-corrected chi connectivity index (χ3v) is 3.65. The number of hydrogen-bond acceptors (Lipinski definition) is 4. The SMILES string of the molecule is CCOC(=O)c1nnn(CCC2CC2)c1C1CC1. The number of aryl methyl sites for hydroxylation is 1. The van der Waals surface area contributed by atoms with E-state index in [-0.39, 0.29) is 5.97 Å². The zero-order chi connectivity index (χ0) is 12.5. The first-order chi connectivity index (χ1) is 8.79. The fourth-order valence-corrected chi connectivity index (χ4v) is 2.30. The van der Waals surface area contributed by atoms with Crippen LogP contribution in [0.1, 0.15) is 61.1 Å². The molecule has 0 bridgehead atoms. The van der Waals surface area contributed by atoms with Gasteiger partial charge in [0, 0.05) is 12.5 Å². The summed E-state index contributed by atoms with van der Waals surface area (Å²) in [6.07, 6.45) is 6.13. The van der Waals surface area contributed by atoms with Gasteiger partial charge < -0.3 is 4.74 Å². The van der Waals surface area contributed by atoms with Crippen LogP contribution in [0.4, 0.5) is 0 Å². The molecule has 2 aliphatic rings. The second kappa shape index (κ2) is 4.71. The zero-order valence-corrected chi connectivity index (χ0v) is 10.8. The minimum absolute atomic E-state index is 0.322. The highest BCUT2D eigenvalue weighted by molar-refractivity contribution is 5.88. The number of rotatable bonds is 6. The largest absolute Gasteiger partial charge is 0.461 e. The standard InChI is InChI=1S/C13H19N3O2/c1-2-18-13(17)11-12(10-5-6-10)16(15-14-11)8-7-9-3-4-9/h9-10H,2-8H2,1H3. The maximum atomic E-state index is 11.8. The number of esters is 1. The molecule has 5 nitrogen and oxygen atoms in total. The van der Waals surface area contributed by atoms with Crippen LogP contribution in [-0.4, -0.2) is 27.6 Å². The van der Waals surface area contributed by atoms with E-state index in [1.54, 1.807) is 0 Å². The first-order valence-electron chi connectivity index (χ1n) is 6.90. The summed E-state index contributed by atoms with van der Waals surface area (Å²) in [5.41, 5.74) is 1.45. The van der Waals surface area contributed by atoms with Gasteiger partial charge in [0.15, 0.2) is 5.69 Å². The number of aromatic nitrogens is 3. The Morgan fingerprint density at radius 1 is 1.39 bits per heavy atom. The van der Waals surface area contributed by atoms with Crippen LogP contribution in [0.3, 0.4) is 0 Å². The molecular weight excluding hydrogens is 230 g/mol.